The summed E-state index contributed by atoms with van der Waals surface area (Å²) < 4.78 is 0. The molecule has 0 radical (unpaired) electrons. The van der Waals surface area contributed by atoms with Gasteiger partial charge in [-0.15, -0.1) is 0 Å². The van der Waals surface area contributed by atoms with E-state index in [1.807, 2.05) is 18.2 Å². The van der Waals surface area contributed by atoms with E-state index in [0.717, 1.165) is 5.69 Å². The van der Waals surface area contributed by atoms with Crippen molar-refractivity contribution in [1.29, 1.82) is 0 Å². The van der Waals surface area contributed by atoms with Gasteiger partial charge in [0.15, 0.2) is 0 Å². The second-order valence-corrected chi connectivity index (χ2v) is 2.90. The van der Waals surface area contributed by atoms with Gasteiger partial charge in [0.2, 0.25) is 6.54 Å². The van der Waals surface area contributed by atoms with Crippen LogP contribution in [-0.4, -0.2) is 22.8 Å². The molecule has 0 bridgehead atoms. The Bertz CT molecular complexity index is 338. The van der Waals surface area contributed by atoms with Crippen molar-refractivity contribution >= 4 is 5.69 Å². The van der Waals surface area contributed by atoms with Gasteiger partial charge in [0.1, 0.15) is 6.23 Å². The molecule has 0 saturated heterocycles. The van der Waals surface area contributed by atoms with Crippen molar-refractivity contribution in [2.45, 2.75) is 6.23 Å². The fourth-order valence-electron chi connectivity index (χ4n) is 1.03. The van der Waals surface area contributed by atoms with E-state index < -0.39 is 11.2 Å². The van der Waals surface area contributed by atoms with Gasteiger partial charge in [-0.3, -0.25) is 10.1 Å². The van der Waals surface area contributed by atoms with E-state index in [1.165, 1.54) is 12.2 Å². The number of hydrogen-bond acceptors (Lipinski definition) is 4. The van der Waals surface area contributed by atoms with E-state index >= 15 is 0 Å². The number of benzene rings is 1. The van der Waals surface area contributed by atoms with Crippen LogP contribution in [0.15, 0.2) is 42.5 Å². The summed E-state index contributed by atoms with van der Waals surface area (Å²) in [4.78, 5) is 9.52. The highest BCUT2D eigenvalue weighted by Crippen LogP contribution is 2.06. The first-order valence-corrected chi connectivity index (χ1v) is 4.46. The number of nitro groups is 1. The highest BCUT2D eigenvalue weighted by atomic mass is 16.6. The van der Waals surface area contributed by atoms with E-state index in [1.54, 1.807) is 12.1 Å². The minimum atomic E-state index is -0.910. The minimum absolute atomic E-state index is 0.284. The number of nitrogens with zero attached hydrogens (tertiary/aromatic N) is 1. The summed E-state index contributed by atoms with van der Waals surface area (Å²) in [7, 11) is 0. The molecule has 1 unspecified atom stereocenters. The molecule has 1 rings (SSSR count). The monoisotopic (exact) mass is 208 g/mol. The summed E-state index contributed by atoms with van der Waals surface area (Å²) in [6.07, 6.45) is 1.74. The molecular formula is C10H12N2O3. The molecule has 0 aromatic heterocycles. The average Bonchev–Trinajstić information content (AvgIpc) is 2.18. The van der Waals surface area contributed by atoms with E-state index in [0.29, 0.717) is 0 Å². The normalized spacial score (nSPS) is 12.6. The third kappa shape index (κ3) is 4.78. The van der Waals surface area contributed by atoms with Gasteiger partial charge in [0.05, 0.1) is 0 Å². The zero-order valence-corrected chi connectivity index (χ0v) is 8.04. The summed E-state index contributed by atoms with van der Waals surface area (Å²) >= 11 is 0. The molecule has 0 saturated carbocycles. The molecule has 1 atom stereocenters. The van der Waals surface area contributed by atoms with E-state index in [4.69, 9.17) is 0 Å². The summed E-state index contributed by atoms with van der Waals surface area (Å²) in [6, 6.07) is 9.11. The topological polar surface area (TPSA) is 75.4 Å². The molecular weight excluding hydrogens is 196 g/mol. The molecule has 0 heterocycles. The zero-order valence-electron chi connectivity index (χ0n) is 8.04. The second kappa shape index (κ2) is 5.77. The predicted molar refractivity (Wildman–Crippen MR) is 57.1 cm³/mol. The van der Waals surface area contributed by atoms with Crippen molar-refractivity contribution in [1.82, 2.24) is 0 Å². The Morgan fingerprint density at radius 3 is 2.73 bits per heavy atom. The summed E-state index contributed by atoms with van der Waals surface area (Å²) in [5.74, 6) is 0. The molecule has 0 fully saturated rings. The van der Waals surface area contributed by atoms with Crippen molar-refractivity contribution in [3.63, 3.8) is 0 Å². The number of aliphatic hydroxyl groups is 1. The quantitative estimate of drug-likeness (QED) is 0.330. The Morgan fingerprint density at radius 1 is 1.47 bits per heavy atom. The summed E-state index contributed by atoms with van der Waals surface area (Å²) in [5, 5.41) is 22.1. The Balaban J connectivity index is 2.39. The largest absolute Gasteiger partial charge is 0.370 e. The van der Waals surface area contributed by atoms with Gasteiger partial charge < -0.3 is 10.4 Å². The Hall–Kier alpha value is -1.88. The number of hydrogen-bond donors (Lipinski definition) is 2. The highest BCUT2D eigenvalue weighted by Gasteiger charge is 1.98. The van der Waals surface area contributed by atoms with Crippen LogP contribution in [0.3, 0.4) is 0 Å². The van der Waals surface area contributed by atoms with Crippen molar-refractivity contribution in [2.75, 3.05) is 11.9 Å². The summed E-state index contributed by atoms with van der Waals surface area (Å²) in [6.45, 7) is -0.284. The van der Waals surface area contributed by atoms with E-state index in [2.05, 4.69) is 5.32 Å². The second-order valence-electron chi connectivity index (χ2n) is 2.90. The maximum Gasteiger partial charge on any atom is 0.222 e. The van der Waals surface area contributed by atoms with Gasteiger partial charge in [0, 0.05) is 10.6 Å². The lowest BCUT2D eigenvalue weighted by molar-refractivity contribution is -0.468. The van der Waals surface area contributed by atoms with Crippen molar-refractivity contribution in [3.8, 4) is 0 Å². The van der Waals surface area contributed by atoms with Gasteiger partial charge in [-0.25, -0.2) is 0 Å². The lowest BCUT2D eigenvalue weighted by Crippen LogP contribution is -2.15. The first-order valence-electron chi connectivity index (χ1n) is 4.46. The smallest absolute Gasteiger partial charge is 0.222 e. The predicted octanol–water partition coefficient (Wildman–Crippen LogP) is 1.25. The van der Waals surface area contributed by atoms with E-state index in [-0.39, 0.29) is 6.54 Å². The molecule has 2 N–H and O–H groups in total. The fraction of sp³-hybridized carbons (Fsp3) is 0.200. The molecule has 1 aromatic carbocycles. The first-order chi connectivity index (χ1) is 7.18. The van der Waals surface area contributed by atoms with Crippen molar-refractivity contribution < 1.29 is 10.0 Å². The number of rotatable bonds is 5. The third-order valence-corrected chi connectivity index (χ3v) is 1.66. The van der Waals surface area contributed by atoms with Gasteiger partial charge in [-0.1, -0.05) is 18.2 Å². The molecule has 1 aromatic rings. The number of anilines is 1. The Morgan fingerprint density at radius 2 is 2.13 bits per heavy atom. The maximum absolute atomic E-state index is 9.99. The van der Waals surface area contributed by atoms with Gasteiger partial charge in [-0.2, -0.15) is 0 Å². The highest BCUT2D eigenvalue weighted by molar-refractivity contribution is 5.43. The van der Waals surface area contributed by atoms with Crippen LogP contribution in [-0.2, 0) is 0 Å². The molecule has 15 heavy (non-hydrogen) atoms. The molecule has 80 valence electrons. The van der Waals surface area contributed by atoms with Crippen LogP contribution in [0.1, 0.15) is 0 Å². The molecule has 0 aliphatic heterocycles. The fourth-order valence-corrected chi connectivity index (χ4v) is 1.03. The van der Waals surface area contributed by atoms with Gasteiger partial charge in [0.25, 0.3) is 0 Å². The van der Waals surface area contributed by atoms with Crippen LogP contribution in [0, 0.1) is 10.1 Å². The van der Waals surface area contributed by atoms with Crippen molar-refractivity contribution in [3.05, 3.63) is 52.6 Å². The molecule has 5 heteroatoms. The van der Waals surface area contributed by atoms with Gasteiger partial charge in [-0.05, 0) is 24.3 Å². The lowest BCUT2D eigenvalue weighted by Gasteiger charge is -2.09. The van der Waals surface area contributed by atoms with Crippen molar-refractivity contribution in [2.24, 2.45) is 0 Å². The van der Waals surface area contributed by atoms with Gasteiger partial charge >= 0.3 is 0 Å². The molecule has 0 aliphatic rings. The zero-order chi connectivity index (χ0) is 11.1. The van der Waals surface area contributed by atoms with Crippen LogP contribution in [0.4, 0.5) is 5.69 Å². The molecule has 0 amide bonds. The number of nitrogens with one attached hydrogen (secondary N) is 1. The molecule has 5 nitrogen and oxygen atoms in total. The van der Waals surface area contributed by atoms with E-state index in [9.17, 15) is 15.2 Å². The summed E-state index contributed by atoms with van der Waals surface area (Å²) in [5.41, 5.74) is 0.760. The average molecular weight is 208 g/mol. The Kier molecular flexibility index (Phi) is 4.30. The van der Waals surface area contributed by atoms with Crippen LogP contribution < -0.4 is 5.32 Å². The Labute approximate surface area is 87.2 Å². The third-order valence-electron chi connectivity index (χ3n) is 1.66. The number of para-hydroxylation sites is 1. The van der Waals surface area contributed by atoms with Crippen LogP contribution >= 0.6 is 0 Å². The lowest BCUT2D eigenvalue weighted by atomic mass is 10.3. The maximum atomic E-state index is 9.99. The molecule has 0 spiro atoms. The van der Waals surface area contributed by atoms with Crippen LogP contribution in [0.5, 0.6) is 0 Å². The van der Waals surface area contributed by atoms with Crippen LogP contribution in [0.2, 0.25) is 0 Å². The first kappa shape index (κ1) is 11.2. The number of aliphatic hydroxyl groups excluding tert-OH is 1. The van der Waals surface area contributed by atoms with Crippen LogP contribution in [0.25, 0.3) is 0 Å². The SMILES string of the molecule is O=[N+]([O-])C/C=C\C(O)Nc1ccccc1. The standard InChI is InChI=1S/C10H12N2O3/c13-10(7-4-8-12(14)15)11-9-5-2-1-3-6-9/h1-7,10-11,13H,8H2/b7-4-. The molecule has 0 aliphatic carbocycles. The minimum Gasteiger partial charge on any atom is -0.370 e.